The van der Waals surface area contributed by atoms with Crippen LogP contribution >= 0.6 is 0 Å². The number of ether oxygens (including phenoxy) is 1. The molecule has 0 aromatic heterocycles. The molecule has 0 aliphatic heterocycles. The van der Waals surface area contributed by atoms with Gasteiger partial charge in [0.25, 0.3) is 0 Å². The topological polar surface area (TPSA) is 33.0 Å². The van der Waals surface area contributed by atoms with Gasteiger partial charge in [-0.25, -0.2) is 0 Å². The molecule has 0 bridgehead atoms. The van der Waals surface area contributed by atoms with Gasteiger partial charge in [0, 0.05) is 0 Å². The summed E-state index contributed by atoms with van der Waals surface area (Å²) in [5.74, 6) is 0.197. The highest BCUT2D eigenvalue weighted by atomic mass is 19.4. The van der Waals surface area contributed by atoms with Crippen LogP contribution in [0.1, 0.15) is 49.7 Å². The van der Waals surface area contributed by atoms with Gasteiger partial charge in [0.1, 0.15) is 5.75 Å². The fourth-order valence-corrected chi connectivity index (χ4v) is 2.48. The zero-order valence-corrected chi connectivity index (χ0v) is 11.0. The minimum Gasteiger partial charge on any atom is -0.490 e. The molecule has 1 aromatic rings. The zero-order valence-electron chi connectivity index (χ0n) is 11.0. The first-order valence-electron chi connectivity index (χ1n) is 6.78. The number of nitriles is 1. The summed E-state index contributed by atoms with van der Waals surface area (Å²) < 4.78 is 44.2. The predicted octanol–water partition coefficient (Wildman–Crippen LogP) is 4.68. The molecule has 2 nitrogen and oxygen atoms in total. The molecule has 0 heterocycles. The van der Waals surface area contributed by atoms with E-state index in [-0.39, 0.29) is 17.4 Å². The van der Waals surface area contributed by atoms with Crippen LogP contribution in [0.2, 0.25) is 0 Å². The second-order valence-corrected chi connectivity index (χ2v) is 5.05. The molecular formula is C15H16F3NO. The van der Waals surface area contributed by atoms with Crippen molar-refractivity contribution in [2.45, 2.75) is 50.8 Å². The van der Waals surface area contributed by atoms with Gasteiger partial charge in [-0.15, -0.1) is 0 Å². The summed E-state index contributed by atoms with van der Waals surface area (Å²) in [6, 6.07) is 5.12. The summed E-state index contributed by atoms with van der Waals surface area (Å²) in [6.45, 7) is 0. The first-order valence-corrected chi connectivity index (χ1v) is 6.78. The van der Waals surface area contributed by atoms with E-state index >= 15 is 0 Å². The van der Waals surface area contributed by atoms with Gasteiger partial charge < -0.3 is 4.74 Å². The van der Waals surface area contributed by atoms with Gasteiger partial charge in [0.2, 0.25) is 0 Å². The fourth-order valence-electron chi connectivity index (χ4n) is 2.48. The van der Waals surface area contributed by atoms with Crippen molar-refractivity contribution in [1.29, 1.82) is 5.26 Å². The third-order valence-electron chi connectivity index (χ3n) is 3.52. The quantitative estimate of drug-likeness (QED) is 0.738. The molecule has 0 unspecified atom stereocenters. The lowest BCUT2D eigenvalue weighted by atomic mass is 10.1. The van der Waals surface area contributed by atoms with Gasteiger partial charge >= 0.3 is 6.18 Å². The summed E-state index contributed by atoms with van der Waals surface area (Å²) in [5.41, 5.74) is -1.29. The van der Waals surface area contributed by atoms with E-state index in [4.69, 9.17) is 10.00 Å². The lowest BCUT2D eigenvalue weighted by Gasteiger charge is -2.18. The first-order chi connectivity index (χ1) is 9.50. The Bertz CT molecular complexity index is 497. The van der Waals surface area contributed by atoms with Gasteiger partial charge in [-0.05, 0) is 43.9 Å². The van der Waals surface area contributed by atoms with Crippen LogP contribution in [0.3, 0.4) is 0 Å². The molecule has 0 atom stereocenters. The molecule has 5 heteroatoms. The molecule has 1 aliphatic rings. The van der Waals surface area contributed by atoms with Crippen molar-refractivity contribution in [2.24, 2.45) is 0 Å². The monoisotopic (exact) mass is 283 g/mol. The van der Waals surface area contributed by atoms with Crippen molar-refractivity contribution in [1.82, 2.24) is 0 Å². The number of hydrogen-bond donors (Lipinski definition) is 0. The van der Waals surface area contributed by atoms with E-state index in [2.05, 4.69) is 0 Å². The van der Waals surface area contributed by atoms with E-state index in [0.717, 1.165) is 44.6 Å². The Morgan fingerprint density at radius 2 is 1.75 bits per heavy atom. The van der Waals surface area contributed by atoms with Crippen molar-refractivity contribution >= 4 is 0 Å². The molecule has 108 valence electrons. The first kappa shape index (κ1) is 14.7. The third kappa shape index (κ3) is 3.66. The van der Waals surface area contributed by atoms with Crippen molar-refractivity contribution in [3.8, 4) is 11.8 Å². The van der Waals surface area contributed by atoms with E-state index in [9.17, 15) is 13.2 Å². The zero-order chi connectivity index (χ0) is 14.6. The molecule has 1 saturated carbocycles. The van der Waals surface area contributed by atoms with Crippen LogP contribution in [-0.4, -0.2) is 6.10 Å². The third-order valence-corrected chi connectivity index (χ3v) is 3.52. The Morgan fingerprint density at radius 1 is 1.10 bits per heavy atom. The van der Waals surface area contributed by atoms with Crippen LogP contribution < -0.4 is 4.74 Å². The molecule has 1 aliphatic carbocycles. The Balaban J connectivity index is 2.18. The van der Waals surface area contributed by atoms with Gasteiger partial charge in [-0.1, -0.05) is 12.8 Å². The summed E-state index contributed by atoms with van der Waals surface area (Å²) in [5, 5.41) is 8.74. The fraction of sp³-hybridized carbons (Fsp3) is 0.533. The Morgan fingerprint density at radius 3 is 2.30 bits per heavy atom. The van der Waals surface area contributed by atoms with E-state index in [1.165, 1.54) is 12.1 Å². The lowest BCUT2D eigenvalue weighted by Crippen LogP contribution is -2.16. The van der Waals surface area contributed by atoms with Gasteiger partial charge in [0.05, 0.1) is 23.3 Å². The number of benzene rings is 1. The van der Waals surface area contributed by atoms with E-state index < -0.39 is 11.7 Å². The van der Waals surface area contributed by atoms with Crippen LogP contribution in [0.5, 0.6) is 5.75 Å². The molecule has 1 aromatic carbocycles. The molecule has 0 spiro atoms. The maximum absolute atomic E-state index is 12.9. The van der Waals surface area contributed by atoms with Crippen molar-refractivity contribution in [2.75, 3.05) is 0 Å². The number of rotatable bonds is 2. The van der Waals surface area contributed by atoms with Crippen LogP contribution in [0.25, 0.3) is 0 Å². The van der Waals surface area contributed by atoms with Crippen LogP contribution in [0.4, 0.5) is 13.2 Å². The lowest BCUT2D eigenvalue weighted by molar-refractivity contribution is -0.137. The standard InChI is InChI=1S/C15H16F3NO/c16-15(17,18)14-9-13(8-7-11(14)10-19)20-12-5-3-1-2-4-6-12/h7-9,12H,1-6H2. The summed E-state index contributed by atoms with van der Waals surface area (Å²) >= 11 is 0. The van der Waals surface area contributed by atoms with Crippen molar-refractivity contribution in [3.63, 3.8) is 0 Å². The second-order valence-electron chi connectivity index (χ2n) is 5.05. The second kappa shape index (κ2) is 6.17. The molecule has 0 saturated heterocycles. The number of hydrogen-bond acceptors (Lipinski definition) is 2. The SMILES string of the molecule is N#Cc1ccc(OC2CCCCCC2)cc1C(F)(F)F. The smallest absolute Gasteiger partial charge is 0.417 e. The van der Waals surface area contributed by atoms with Gasteiger partial charge in [-0.2, -0.15) is 18.4 Å². The van der Waals surface area contributed by atoms with E-state index in [1.54, 1.807) is 6.07 Å². The van der Waals surface area contributed by atoms with E-state index in [1.807, 2.05) is 0 Å². The summed E-state index contributed by atoms with van der Waals surface area (Å²) in [4.78, 5) is 0. The predicted molar refractivity (Wildman–Crippen MR) is 68.3 cm³/mol. The highest BCUT2D eigenvalue weighted by Crippen LogP contribution is 2.35. The van der Waals surface area contributed by atoms with E-state index in [0.29, 0.717) is 0 Å². The largest absolute Gasteiger partial charge is 0.490 e. The van der Waals surface area contributed by atoms with Crippen molar-refractivity contribution in [3.05, 3.63) is 29.3 Å². The average molecular weight is 283 g/mol. The average Bonchev–Trinajstić information content (AvgIpc) is 2.66. The Labute approximate surface area is 116 Å². The number of alkyl halides is 3. The minimum atomic E-state index is -4.53. The maximum atomic E-state index is 12.9. The number of halogens is 3. The molecule has 20 heavy (non-hydrogen) atoms. The summed E-state index contributed by atoms with van der Waals surface area (Å²) in [7, 11) is 0. The molecular weight excluding hydrogens is 267 g/mol. The normalized spacial score (nSPS) is 17.3. The Kier molecular flexibility index (Phi) is 4.53. The number of nitrogens with zero attached hydrogens (tertiary/aromatic N) is 1. The van der Waals surface area contributed by atoms with Crippen molar-refractivity contribution < 1.29 is 17.9 Å². The van der Waals surface area contributed by atoms with Gasteiger partial charge in [0.15, 0.2) is 0 Å². The highest BCUT2D eigenvalue weighted by Gasteiger charge is 2.34. The molecule has 0 amide bonds. The molecule has 1 fully saturated rings. The molecule has 0 N–H and O–H groups in total. The summed E-state index contributed by atoms with van der Waals surface area (Å²) in [6.07, 6.45) is 1.60. The van der Waals surface area contributed by atoms with Gasteiger partial charge in [-0.3, -0.25) is 0 Å². The molecule has 0 radical (unpaired) electrons. The van der Waals surface area contributed by atoms with Crippen LogP contribution in [0.15, 0.2) is 18.2 Å². The highest BCUT2D eigenvalue weighted by molar-refractivity contribution is 5.44. The minimum absolute atomic E-state index is 0.0217. The molecule has 2 rings (SSSR count). The van der Waals surface area contributed by atoms with Crippen LogP contribution in [-0.2, 0) is 6.18 Å². The maximum Gasteiger partial charge on any atom is 0.417 e. The van der Waals surface area contributed by atoms with Crippen LogP contribution in [0, 0.1) is 11.3 Å². The Hall–Kier alpha value is -1.70.